The average Bonchev–Trinajstić information content (AvgIpc) is 2.55. The predicted molar refractivity (Wildman–Crippen MR) is 90.7 cm³/mol. The van der Waals surface area contributed by atoms with Gasteiger partial charge in [0.25, 0.3) is 0 Å². The summed E-state index contributed by atoms with van der Waals surface area (Å²) < 4.78 is 11.4. The van der Waals surface area contributed by atoms with E-state index in [9.17, 15) is 15.4 Å². The molecule has 0 spiro atoms. The first-order valence-electron chi connectivity index (χ1n) is 8.72. The van der Waals surface area contributed by atoms with Crippen molar-refractivity contribution in [3.8, 4) is 0 Å². The fraction of sp³-hybridized carbons (Fsp3) is 0.875. The van der Waals surface area contributed by atoms with Crippen LogP contribution in [0.5, 0.6) is 0 Å². The second-order valence-electron chi connectivity index (χ2n) is 6.19. The Labute approximate surface area is 139 Å². The van der Waals surface area contributed by atoms with Crippen LogP contribution >= 0.6 is 0 Å². The lowest BCUT2D eigenvalue weighted by Crippen LogP contribution is -2.59. The molecular formula is C16H30N2O4Si. The molecule has 0 bridgehead atoms. The minimum Gasteiger partial charge on any atom is -0.457 e. The van der Waals surface area contributed by atoms with E-state index < -0.39 is 26.0 Å². The normalized spacial score (nSPS) is 24.8. The van der Waals surface area contributed by atoms with Crippen molar-refractivity contribution in [2.75, 3.05) is 6.61 Å². The van der Waals surface area contributed by atoms with E-state index in [-0.39, 0.29) is 12.3 Å². The molecule has 0 aromatic carbocycles. The molecule has 6 nitrogen and oxygen atoms in total. The summed E-state index contributed by atoms with van der Waals surface area (Å²) >= 11 is 0. The molecule has 1 aliphatic rings. The molecule has 1 N–H and O–H groups in total. The van der Waals surface area contributed by atoms with Crippen LogP contribution in [-0.2, 0) is 14.0 Å². The van der Waals surface area contributed by atoms with Gasteiger partial charge in [-0.15, -0.1) is 0 Å². The molecule has 0 saturated heterocycles. The summed E-state index contributed by atoms with van der Waals surface area (Å²) in [6.45, 7) is 8.19. The standard InChI is InChI=1S/C16H30N2O4Si/c1-5-21-15(19)14(18-17)16(20)12-10-9-11-13(16)22-23(6-2,7-3)8-4/h13,20H,5-12H2,1-4H3/t13-,16+/m0/s1. The largest absolute Gasteiger partial charge is 0.457 e. The van der Waals surface area contributed by atoms with Gasteiger partial charge in [-0.3, -0.25) is 0 Å². The van der Waals surface area contributed by atoms with E-state index in [1.54, 1.807) is 6.92 Å². The van der Waals surface area contributed by atoms with Crippen molar-refractivity contribution < 1.29 is 23.9 Å². The zero-order valence-corrected chi connectivity index (χ0v) is 15.8. The maximum absolute atomic E-state index is 12.1. The Morgan fingerprint density at radius 2 is 1.87 bits per heavy atom. The number of esters is 1. The Bertz CT molecular complexity index is 453. The lowest BCUT2D eigenvalue weighted by Gasteiger charge is -2.41. The Hall–Kier alpha value is -1.01. The third-order valence-electron chi connectivity index (χ3n) is 5.11. The Morgan fingerprint density at radius 3 is 2.35 bits per heavy atom. The molecule has 132 valence electrons. The Kier molecular flexibility index (Phi) is 7.60. The first-order valence-corrected chi connectivity index (χ1v) is 11.3. The van der Waals surface area contributed by atoms with E-state index in [2.05, 4.69) is 25.6 Å². The molecule has 23 heavy (non-hydrogen) atoms. The Morgan fingerprint density at radius 1 is 1.26 bits per heavy atom. The summed E-state index contributed by atoms with van der Waals surface area (Å²) in [5, 5.41) is 11.1. The van der Waals surface area contributed by atoms with E-state index >= 15 is 0 Å². The van der Waals surface area contributed by atoms with E-state index in [0.29, 0.717) is 12.8 Å². The highest BCUT2D eigenvalue weighted by molar-refractivity contribution is 6.73. The molecule has 7 heteroatoms. The van der Waals surface area contributed by atoms with Gasteiger partial charge in [-0.05, 0) is 44.3 Å². The summed E-state index contributed by atoms with van der Waals surface area (Å²) in [5.74, 6) is -0.773. The zero-order chi connectivity index (χ0) is 17.5. The van der Waals surface area contributed by atoms with Crippen LogP contribution in [0.2, 0.25) is 18.1 Å². The van der Waals surface area contributed by atoms with Crippen molar-refractivity contribution in [3.05, 3.63) is 5.53 Å². The van der Waals surface area contributed by atoms with Crippen LogP contribution in [0.4, 0.5) is 0 Å². The lowest BCUT2D eigenvalue weighted by molar-refractivity contribution is -0.147. The monoisotopic (exact) mass is 342 g/mol. The average molecular weight is 343 g/mol. The number of hydrogen-bond acceptors (Lipinski definition) is 4. The predicted octanol–water partition coefficient (Wildman–Crippen LogP) is 2.92. The van der Waals surface area contributed by atoms with Crippen LogP contribution in [0, 0.1) is 0 Å². The van der Waals surface area contributed by atoms with Crippen molar-refractivity contribution >= 4 is 20.0 Å². The van der Waals surface area contributed by atoms with Crippen LogP contribution < -0.4 is 0 Å². The number of nitrogens with zero attached hydrogens (tertiary/aromatic N) is 2. The minimum absolute atomic E-state index is 0.164. The van der Waals surface area contributed by atoms with Crippen LogP contribution in [0.1, 0.15) is 53.4 Å². The van der Waals surface area contributed by atoms with Gasteiger partial charge in [0.2, 0.25) is 0 Å². The molecule has 0 heterocycles. The SMILES string of the molecule is CCOC(=O)C(=[N+]=[N-])[C@@]1(O)CCCC[C@@H]1O[Si](CC)(CC)CC. The highest BCUT2D eigenvalue weighted by atomic mass is 28.4. The third-order valence-corrected chi connectivity index (χ3v) is 9.76. The molecule has 1 saturated carbocycles. The molecule has 0 aromatic heterocycles. The van der Waals surface area contributed by atoms with Gasteiger partial charge in [-0.2, -0.15) is 4.79 Å². The molecule has 0 aliphatic heterocycles. The van der Waals surface area contributed by atoms with E-state index in [0.717, 1.165) is 31.0 Å². The van der Waals surface area contributed by atoms with Crippen LogP contribution in [0.15, 0.2) is 0 Å². The summed E-state index contributed by atoms with van der Waals surface area (Å²) in [5.41, 5.74) is 7.41. The van der Waals surface area contributed by atoms with Crippen molar-refractivity contribution in [1.82, 2.24) is 0 Å². The molecule has 0 radical (unpaired) electrons. The summed E-state index contributed by atoms with van der Waals surface area (Å²) in [4.78, 5) is 15.2. The maximum atomic E-state index is 12.1. The molecule has 1 fully saturated rings. The van der Waals surface area contributed by atoms with Crippen LogP contribution in [0.3, 0.4) is 0 Å². The molecular weight excluding hydrogens is 312 g/mol. The fourth-order valence-electron chi connectivity index (χ4n) is 3.36. The van der Waals surface area contributed by atoms with Gasteiger partial charge >= 0.3 is 11.7 Å². The van der Waals surface area contributed by atoms with Crippen molar-refractivity contribution in [2.24, 2.45) is 0 Å². The van der Waals surface area contributed by atoms with Crippen LogP contribution in [-0.4, -0.2) is 48.2 Å². The topological polar surface area (TPSA) is 92.2 Å². The number of hydrogen-bond donors (Lipinski definition) is 1. The molecule has 0 amide bonds. The van der Waals surface area contributed by atoms with Crippen LogP contribution in [0.25, 0.3) is 5.53 Å². The van der Waals surface area contributed by atoms with Gasteiger partial charge in [0, 0.05) is 0 Å². The lowest BCUT2D eigenvalue weighted by atomic mass is 9.79. The fourth-order valence-corrected chi connectivity index (χ4v) is 6.27. The van der Waals surface area contributed by atoms with Gasteiger partial charge in [-0.25, -0.2) is 4.79 Å². The number of rotatable bonds is 8. The van der Waals surface area contributed by atoms with Gasteiger partial charge in [0.05, 0.1) is 12.7 Å². The van der Waals surface area contributed by atoms with Crippen molar-refractivity contribution in [3.63, 3.8) is 0 Å². The first-order chi connectivity index (χ1) is 10.9. The second-order valence-corrected chi connectivity index (χ2v) is 10.9. The van der Waals surface area contributed by atoms with Gasteiger partial charge < -0.3 is 19.8 Å². The van der Waals surface area contributed by atoms with Gasteiger partial charge in [-0.1, -0.05) is 27.2 Å². The molecule has 1 rings (SSSR count). The number of carbonyl (C=O) groups excluding carboxylic acids is 1. The summed E-state index contributed by atoms with van der Waals surface area (Å²) in [6.07, 6.45) is 2.17. The number of carbonyl (C=O) groups is 1. The number of aliphatic hydroxyl groups is 1. The van der Waals surface area contributed by atoms with Crippen molar-refractivity contribution in [2.45, 2.75) is 83.2 Å². The number of ether oxygens (including phenoxy) is 1. The summed E-state index contributed by atoms with van der Waals surface area (Å²) in [7, 11) is -1.95. The molecule has 0 aromatic rings. The molecule has 2 atom stereocenters. The second kappa shape index (κ2) is 8.73. The van der Waals surface area contributed by atoms with Gasteiger partial charge in [0.15, 0.2) is 13.9 Å². The summed E-state index contributed by atoms with van der Waals surface area (Å²) in [6, 6.07) is 2.87. The third kappa shape index (κ3) is 4.29. The van der Waals surface area contributed by atoms with E-state index in [1.165, 1.54) is 0 Å². The smallest absolute Gasteiger partial charge is 0.420 e. The van der Waals surface area contributed by atoms with Crippen molar-refractivity contribution in [1.29, 1.82) is 0 Å². The maximum Gasteiger partial charge on any atom is 0.420 e. The highest BCUT2D eigenvalue weighted by Gasteiger charge is 2.55. The van der Waals surface area contributed by atoms with E-state index in [1.807, 2.05) is 0 Å². The highest BCUT2D eigenvalue weighted by Crippen LogP contribution is 2.36. The minimum atomic E-state index is -1.95. The van der Waals surface area contributed by atoms with E-state index in [4.69, 9.17) is 9.16 Å². The van der Waals surface area contributed by atoms with Gasteiger partial charge in [0.1, 0.15) is 0 Å². The molecule has 1 aliphatic carbocycles. The Balaban J connectivity index is 3.13. The zero-order valence-electron chi connectivity index (χ0n) is 14.8. The molecule has 0 unspecified atom stereocenters. The quantitative estimate of drug-likeness (QED) is 0.241. The first kappa shape index (κ1) is 20.0.